The molecule has 3 heterocycles. The van der Waals surface area contributed by atoms with Gasteiger partial charge in [0.25, 0.3) is 0 Å². The van der Waals surface area contributed by atoms with E-state index in [2.05, 4.69) is 31.4 Å². The van der Waals surface area contributed by atoms with Gasteiger partial charge in [0.1, 0.15) is 17.9 Å². The van der Waals surface area contributed by atoms with Gasteiger partial charge in [0.05, 0.1) is 30.1 Å². The Morgan fingerprint density at radius 2 is 2.09 bits per heavy atom. The average molecular weight is 433 g/mol. The molecule has 32 heavy (non-hydrogen) atoms. The van der Waals surface area contributed by atoms with Crippen LogP contribution in [0.3, 0.4) is 0 Å². The highest BCUT2D eigenvalue weighted by molar-refractivity contribution is 5.69. The average Bonchev–Trinajstić information content (AvgIpc) is 3.39. The third-order valence-corrected chi connectivity index (χ3v) is 4.67. The number of aromatic nitrogens is 7. The van der Waals surface area contributed by atoms with Crippen molar-refractivity contribution in [3.63, 3.8) is 0 Å². The number of nitriles is 1. The highest BCUT2D eigenvalue weighted by Crippen LogP contribution is 2.28. The number of nitrogens with zero attached hydrogens (tertiary/aromatic N) is 8. The molecule has 3 aromatic heterocycles. The van der Waals surface area contributed by atoms with Crippen LogP contribution in [0.5, 0.6) is 0 Å². The molecule has 4 rings (SSSR count). The minimum atomic E-state index is -1.01. The molecular weight excluding hydrogens is 417 g/mol. The van der Waals surface area contributed by atoms with E-state index in [9.17, 15) is 14.4 Å². The van der Waals surface area contributed by atoms with Crippen molar-refractivity contribution >= 4 is 11.8 Å². The van der Waals surface area contributed by atoms with E-state index in [0.29, 0.717) is 22.4 Å². The SMILES string of the molecule is Cc1c(C#N)cccc1-c1nc(N)c(F)c(-c2cn(Cc3ccn(CC(=O)O)n3)nn2)n1. The van der Waals surface area contributed by atoms with Crippen molar-refractivity contribution in [1.82, 2.24) is 34.7 Å². The van der Waals surface area contributed by atoms with E-state index in [1.807, 2.05) is 0 Å². The van der Waals surface area contributed by atoms with Gasteiger partial charge in [-0.15, -0.1) is 5.10 Å². The third-order valence-electron chi connectivity index (χ3n) is 4.67. The van der Waals surface area contributed by atoms with E-state index in [1.165, 1.54) is 21.8 Å². The van der Waals surface area contributed by atoms with E-state index >= 15 is 0 Å². The lowest BCUT2D eigenvalue weighted by Crippen LogP contribution is -2.10. The number of aliphatic carboxylic acids is 1. The van der Waals surface area contributed by atoms with E-state index in [1.54, 1.807) is 31.2 Å². The van der Waals surface area contributed by atoms with Gasteiger partial charge >= 0.3 is 5.97 Å². The molecule has 0 atom stereocenters. The second-order valence-electron chi connectivity index (χ2n) is 6.88. The number of nitrogens with two attached hydrogens (primary N) is 1. The van der Waals surface area contributed by atoms with Crippen molar-refractivity contribution in [2.45, 2.75) is 20.0 Å². The second kappa shape index (κ2) is 8.23. The molecule has 1 aromatic carbocycles. The topological polar surface area (TPSA) is 161 Å². The summed E-state index contributed by atoms with van der Waals surface area (Å²) >= 11 is 0. The Hall–Kier alpha value is -4.66. The van der Waals surface area contributed by atoms with E-state index in [-0.39, 0.29) is 36.1 Å². The van der Waals surface area contributed by atoms with Gasteiger partial charge in [0, 0.05) is 11.8 Å². The number of nitrogen functional groups attached to an aromatic ring is 1. The summed E-state index contributed by atoms with van der Waals surface area (Å²) in [7, 11) is 0. The predicted molar refractivity (Wildman–Crippen MR) is 109 cm³/mol. The Morgan fingerprint density at radius 3 is 2.84 bits per heavy atom. The normalized spacial score (nSPS) is 10.8. The molecule has 0 aliphatic heterocycles. The molecular formula is C20H16FN9O2. The molecule has 0 unspecified atom stereocenters. The van der Waals surface area contributed by atoms with Gasteiger partial charge in [0.15, 0.2) is 17.5 Å². The summed E-state index contributed by atoms with van der Waals surface area (Å²) < 4.78 is 17.4. The first-order valence-electron chi connectivity index (χ1n) is 9.33. The molecule has 160 valence electrons. The van der Waals surface area contributed by atoms with Crippen molar-refractivity contribution < 1.29 is 14.3 Å². The fraction of sp³-hybridized carbons (Fsp3) is 0.150. The summed E-state index contributed by atoms with van der Waals surface area (Å²) in [6, 6.07) is 8.80. The first kappa shape index (κ1) is 20.6. The number of carboxylic acids is 1. The fourth-order valence-corrected chi connectivity index (χ4v) is 3.12. The Morgan fingerprint density at radius 1 is 1.28 bits per heavy atom. The van der Waals surface area contributed by atoms with Crippen LogP contribution in [-0.4, -0.2) is 45.8 Å². The monoisotopic (exact) mass is 433 g/mol. The third kappa shape index (κ3) is 3.99. The van der Waals surface area contributed by atoms with Crippen LogP contribution < -0.4 is 5.73 Å². The number of carbonyl (C=O) groups is 1. The van der Waals surface area contributed by atoms with Crippen LogP contribution in [0.15, 0.2) is 36.7 Å². The van der Waals surface area contributed by atoms with E-state index in [0.717, 1.165) is 0 Å². The maximum absolute atomic E-state index is 14.7. The zero-order valence-electron chi connectivity index (χ0n) is 16.8. The number of hydrogen-bond acceptors (Lipinski definition) is 8. The highest BCUT2D eigenvalue weighted by Gasteiger charge is 2.19. The van der Waals surface area contributed by atoms with Gasteiger partial charge in [-0.05, 0) is 24.6 Å². The molecule has 0 saturated carbocycles. The molecule has 0 aliphatic carbocycles. The van der Waals surface area contributed by atoms with E-state index in [4.69, 9.17) is 10.8 Å². The Bertz CT molecular complexity index is 1370. The maximum Gasteiger partial charge on any atom is 0.325 e. The molecule has 4 aromatic rings. The smallest absolute Gasteiger partial charge is 0.325 e. The predicted octanol–water partition coefficient (Wildman–Crippen LogP) is 1.63. The standard InChI is InChI=1S/C20H16FN9O2/c1-11-12(7-22)3-2-4-14(11)20-24-18(17(21)19(23)25-20)15-9-30(28-26-15)8-13-5-6-29(27-13)10-16(31)32/h2-6,9H,8,10H2,1H3,(H,31,32)(H2,23,24,25). The summed E-state index contributed by atoms with van der Waals surface area (Å²) in [5.74, 6) is -2.03. The molecule has 0 amide bonds. The Kier molecular flexibility index (Phi) is 5.30. The summed E-state index contributed by atoms with van der Waals surface area (Å²) in [5, 5.41) is 30.2. The van der Waals surface area contributed by atoms with Crippen LogP contribution in [0.2, 0.25) is 0 Å². The molecule has 12 heteroatoms. The van der Waals surface area contributed by atoms with E-state index < -0.39 is 11.8 Å². The molecule has 0 spiro atoms. The number of rotatable bonds is 6. The highest BCUT2D eigenvalue weighted by atomic mass is 19.1. The Balaban J connectivity index is 1.66. The largest absolute Gasteiger partial charge is 0.480 e. The quantitative estimate of drug-likeness (QED) is 0.460. The first-order chi connectivity index (χ1) is 15.4. The molecule has 3 N–H and O–H groups in total. The number of hydrogen-bond donors (Lipinski definition) is 2. The second-order valence-corrected chi connectivity index (χ2v) is 6.88. The van der Waals surface area contributed by atoms with Crippen LogP contribution in [0, 0.1) is 24.1 Å². The lowest BCUT2D eigenvalue weighted by Gasteiger charge is -2.09. The van der Waals surface area contributed by atoms with Gasteiger partial charge in [0.2, 0.25) is 0 Å². The van der Waals surface area contributed by atoms with Gasteiger partial charge < -0.3 is 10.8 Å². The fourth-order valence-electron chi connectivity index (χ4n) is 3.12. The van der Waals surface area contributed by atoms with Gasteiger partial charge in [-0.3, -0.25) is 9.48 Å². The summed E-state index contributed by atoms with van der Waals surface area (Å²) in [6.07, 6.45) is 3.01. The number of carboxylic acid groups (broad SMARTS) is 1. The zero-order valence-corrected chi connectivity index (χ0v) is 16.8. The molecule has 0 fully saturated rings. The molecule has 0 bridgehead atoms. The maximum atomic E-state index is 14.7. The number of halogens is 1. The molecule has 0 saturated heterocycles. The lowest BCUT2D eigenvalue weighted by molar-refractivity contribution is -0.137. The van der Waals surface area contributed by atoms with Gasteiger partial charge in [-0.25, -0.2) is 19.0 Å². The van der Waals surface area contributed by atoms with Crippen molar-refractivity contribution in [2.24, 2.45) is 0 Å². The summed E-state index contributed by atoms with van der Waals surface area (Å²) in [4.78, 5) is 19.1. The number of anilines is 1. The Labute approximate surface area is 180 Å². The van der Waals surface area contributed by atoms with Crippen LogP contribution in [0.4, 0.5) is 10.2 Å². The van der Waals surface area contributed by atoms with Crippen LogP contribution in [-0.2, 0) is 17.9 Å². The summed E-state index contributed by atoms with van der Waals surface area (Å²) in [6.45, 7) is 1.68. The van der Waals surface area contributed by atoms with Gasteiger partial charge in [-0.2, -0.15) is 10.4 Å². The van der Waals surface area contributed by atoms with Gasteiger partial charge in [-0.1, -0.05) is 17.3 Å². The first-order valence-corrected chi connectivity index (χ1v) is 9.33. The van der Waals surface area contributed by atoms with Crippen LogP contribution in [0.25, 0.3) is 22.8 Å². The summed E-state index contributed by atoms with van der Waals surface area (Å²) in [5.41, 5.74) is 7.99. The zero-order chi connectivity index (χ0) is 22.8. The van der Waals surface area contributed by atoms with Crippen LogP contribution >= 0.6 is 0 Å². The molecule has 0 radical (unpaired) electrons. The lowest BCUT2D eigenvalue weighted by atomic mass is 10.0. The van der Waals surface area contributed by atoms with Crippen molar-refractivity contribution in [2.75, 3.05) is 5.73 Å². The minimum absolute atomic E-state index is 0.128. The minimum Gasteiger partial charge on any atom is -0.480 e. The van der Waals surface area contributed by atoms with Crippen LogP contribution in [0.1, 0.15) is 16.8 Å². The van der Waals surface area contributed by atoms with Crippen molar-refractivity contribution in [3.8, 4) is 28.8 Å². The molecule has 0 aliphatic rings. The number of benzene rings is 1. The van der Waals surface area contributed by atoms with Crippen molar-refractivity contribution in [1.29, 1.82) is 5.26 Å². The van der Waals surface area contributed by atoms with Crippen molar-refractivity contribution in [3.05, 3.63) is 59.3 Å². The molecule has 11 nitrogen and oxygen atoms in total.